The highest BCUT2D eigenvalue weighted by Gasteiger charge is 1.86. The van der Waals surface area contributed by atoms with Crippen molar-refractivity contribution in [3.63, 3.8) is 0 Å². The molecule has 6 heteroatoms. The molecule has 0 aromatic rings. The maximum atomic E-state index is 9.54. The van der Waals surface area contributed by atoms with E-state index in [4.69, 9.17) is 10.2 Å². The fraction of sp³-hybridized carbons (Fsp3) is 0.667. The first-order valence-corrected chi connectivity index (χ1v) is 3.27. The molecule has 0 heterocycles. The average Bonchev–Trinajstić information content (AvgIpc) is 1.87. The van der Waals surface area contributed by atoms with Gasteiger partial charge in [-0.25, -0.2) is 0 Å². The van der Waals surface area contributed by atoms with E-state index in [0.717, 1.165) is 0 Å². The fourth-order valence-corrected chi connectivity index (χ4v) is 0.302. The van der Waals surface area contributed by atoms with Crippen LogP contribution in [0.4, 0.5) is 0 Å². The highest BCUT2D eigenvalue weighted by Crippen LogP contribution is 1.51. The number of carboxylic acids is 2. The highest BCUT2D eigenvalue weighted by molar-refractivity contribution is 5.69. The number of likely N-dealkylation sites (N-methyl/N-ethyl adjacent to an activating group) is 2. The fourth-order valence-electron chi connectivity index (χ4n) is 0.302. The summed E-state index contributed by atoms with van der Waals surface area (Å²) in [5, 5.41) is 20.6. The SMILES string of the molecule is CNCC(=O)O.CNCC(=O)O. The van der Waals surface area contributed by atoms with Crippen molar-refractivity contribution in [2.45, 2.75) is 0 Å². The summed E-state index contributed by atoms with van der Waals surface area (Å²) >= 11 is 0. The van der Waals surface area contributed by atoms with Gasteiger partial charge in [-0.3, -0.25) is 9.59 Å². The van der Waals surface area contributed by atoms with Crippen molar-refractivity contribution in [1.29, 1.82) is 0 Å². The Morgan fingerprint density at radius 2 is 1.25 bits per heavy atom. The van der Waals surface area contributed by atoms with Crippen molar-refractivity contribution in [2.75, 3.05) is 27.2 Å². The largest absolute Gasteiger partial charge is 0.480 e. The first-order valence-electron chi connectivity index (χ1n) is 3.27. The molecule has 0 saturated heterocycles. The maximum absolute atomic E-state index is 9.54. The first-order chi connectivity index (χ1) is 5.54. The number of carbonyl (C=O) groups is 2. The lowest BCUT2D eigenvalue weighted by Gasteiger charge is -1.84. The van der Waals surface area contributed by atoms with Gasteiger partial charge in [0.15, 0.2) is 0 Å². The summed E-state index contributed by atoms with van der Waals surface area (Å²) in [4.78, 5) is 19.1. The molecule has 6 nitrogen and oxygen atoms in total. The molecule has 0 aromatic heterocycles. The van der Waals surface area contributed by atoms with Gasteiger partial charge in [-0.15, -0.1) is 0 Å². The Kier molecular flexibility index (Phi) is 11.1. The van der Waals surface area contributed by atoms with Crippen molar-refractivity contribution in [3.8, 4) is 0 Å². The van der Waals surface area contributed by atoms with Crippen molar-refractivity contribution in [3.05, 3.63) is 0 Å². The van der Waals surface area contributed by atoms with Crippen molar-refractivity contribution in [2.24, 2.45) is 0 Å². The minimum absolute atomic E-state index is 0.0417. The van der Waals surface area contributed by atoms with E-state index in [9.17, 15) is 9.59 Å². The van der Waals surface area contributed by atoms with Gasteiger partial charge in [-0.2, -0.15) is 0 Å². The van der Waals surface area contributed by atoms with Crippen molar-refractivity contribution >= 4 is 11.9 Å². The van der Waals surface area contributed by atoms with Crippen LogP contribution in [0.2, 0.25) is 0 Å². The second-order valence-electron chi connectivity index (χ2n) is 1.85. The van der Waals surface area contributed by atoms with Gasteiger partial charge in [-0.05, 0) is 14.1 Å². The third kappa shape index (κ3) is 23.2. The monoisotopic (exact) mass is 178 g/mol. The summed E-state index contributed by atoms with van der Waals surface area (Å²) in [7, 11) is 3.18. The van der Waals surface area contributed by atoms with Gasteiger partial charge < -0.3 is 20.8 Å². The zero-order valence-corrected chi connectivity index (χ0v) is 7.13. The topological polar surface area (TPSA) is 98.7 Å². The average molecular weight is 178 g/mol. The van der Waals surface area contributed by atoms with Crippen LogP contribution >= 0.6 is 0 Å². The molecular weight excluding hydrogens is 164 g/mol. The van der Waals surface area contributed by atoms with Gasteiger partial charge in [0.25, 0.3) is 0 Å². The third-order valence-electron chi connectivity index (χ3n) is 0.656. The number of nitrogens with one attached hydrogen (secondary N) is 2. The summed E-state index contributed by atoms with van der Waals surface area (Å²) in [6.45, 7) is 0.0833. The number of carboxylic acid groups (broad SMARTS) is 2. The van der Waals surface area contributed by atoms with Gasteiger partial charge in [0, 0.05) is 0 Å². The minimum Gasteiger partial charge on any atom is -0.480 e. The van der Waals surface area contributed by atoms with E-state index in [1.807, 2.05) is 0 Å². The van der Waals surface area contributed by atoms with Crippen LogP contribution in [-0.4, -0.2) is 49.3 Å². The molecule has 0 spiro atoms. The maximum Gasteiger partial charge on any atom is 0.317 e. The van der Waals surface area contributed by atoms with Gasteiger partial charge in [0.05, 0.1) is 13.1 Å². The third-order valence-corrected chi connectivity index (χ3v) is 0.656. The molecule has 0 aliphatic heterocycles. The smallest absolute Gasteiger partial charge is 0.317 e. The van der Waals surface area contributed by atoms with Crippen molar-refractivity contribution in [1.82, 2.24) is 10.6 Å². The molecule has 72 valence electrons. The zero-order chi connectivity index (χ0) is 9.98. The summed E-state index contributed by atoms with van der Waals surface area (Å²) in [5.41, 5.74) is 0. The standard InChI is InChI=1S/2C3H7NO2/c2*1-4-2-3(5)6/h2*4H,2H2,1H3,(H,5,6). The van der Waals surface area contributed by atoms with E-state index in [1.165, 1.54) is 0 Å². The lowest BCUT2D eigenvalue weighted by atomic mass is 10.7. The molecule has 0 aromatic carbocycles. The molecule has 0 amide bonds. The van der Waals surface area contributed by atoms with Gasteiger partial charge >= 0.3 is 11.9 Å². The van der Waals surface area contributed by atoms with E-state index < -0.39 is 11.9 Å². The van der Waals surface area contributed by atoms with E-state index in [1.54, 1.807) is 14.1 Å². The van der Waals surface area contributed by atoms with Gasteiger partial charge in [0.2, 0.25) is 0 Å². The lowest BCUT2D eigenvalue weighted by Crippen LogP contribution is -2.16. The van der Waals surface area contributed by atoms with Crippen LogP contribution in [0.15, 0.2) is 0 Å². The second-order valence-corrected chi connectivity index (χ2v) is 1.85. The Morgan fingerprint density at radius 3 is 1.25 bits per heavy atom. The van der Waals surface area contributed by atoms with E-state index in [2.05, 4.69) is 10.6 Å². The van der Waals surface area contributed by atoms with Crippen LogP contribution in [0.3, 0.4) is 0 Å². The molecule has 0 atom stereocenters. The number of hydrogen-bond acceptors (Lipinski definition) is 4. The quantitative estimate of drug-likeness (QED) is 0.422. The van der Waals surface area contributed by atoms with Crippen LogP contribution in [0, 0.1) is 0 Å². The summed E-state index contributed by atoms with van der Waals surface area (Å²) < 4.78 is 0. The molecule has 12 heavy (non-hydrogen) atoms. The Balaban J connectivity index is 0. The van der Waals surface area contributed by atoms with Crippen LogP contribution in [0.25, 0.3) is 0 Å². The summed E-state index contributed by atoms with van der Waals surface area (Å²) in [5.74, 6) is -1.64. The summed E-state index contributed by atoms with van der Waals surface area (Å²) in [6.07, 6.45) is 0. The Morgan fingerprint density at radius 1 is 1.00 bits per heavy atom. The molecular formula is C6H14N2O4. The molecule has 0 unspecified atom stereocenters. The van der Waals surface area contributed by atoms with Crippen LogP contribution in [0.5, 0.6) is 0 Å². The summed E-state index contributed by atoms with van der Waals surface area (Å²) in [6, 6.07) is 0. The molecule has 0 bridgehead atoms. The van der Waals surface area contributed by atoms with Crippen molar-refractivity contribution < 1.29 is 19.8 Å². The minimum atomic E-state index is -0.822. The second kappa shape index (κ2) is 9.86. The molecule has 0 aliphatic carbocycles. The van der Waals surface area contributed by atoms with Crippen LogP contribution in [-0.2, 0) is 9.59 Å². The Hall–Kier alpha value is -1.14. The van der Waals surface area contributed by atoms with E-state index in [-0.39, 0.29) is 13.1 Å². The van der Waals surface area contributed by atoms with Gasteiger partial charge in [0.1, 0.15) is 0 Å². The van der Waals surface area contributed by atoms with Gasteiger partial charge in [-0.1, -0.05) is 0 Å². The molecule has 4 N–H and O–H groups in total. The molecule has 0 rings (SSSR count). The molecule has 0 saturated carbocycles. The predicted molar refractivity (Wildman–Crippen MR) is 43.1 cm³/mol. The predicted octanol–water partition coefficient (Wildman–Crippen LogP) is -1.42. The van der Waals surface area contributed by atoms with Crippen LogP contribution < -0.4 is 10.6 Å². The number of hydrogen-bond donors (Lipinski definition) is 4. The van der Waals surface area contributed by atoms with E-state index in [0.29, 0.717) is 0 Å². The highest BCUT2D eigenvalue weighted by atomic mass is 16.4. The molecule has 0 radical (unpaired) electrons. The van der Waals surface area contributed by atoms with Crippen LogP contribution in [0.1, 0.15) is 0 Å². The Labute approximate surface area is 70.6 Å². The van der Waals surface area contributed by atoms with E-state index >= 15 is 0 Å². The number of rotatable bonds is 4. The normalized spacial score (nSPS) is 8.17. The zero-order valence-electron chi connectivity index (χ0n) is 7.13. The number of aliphatic carboxylic acids is 2. The first kappa shape index (κ1) is 13.4. The molecule has 0 fully saturated rings. The lowest BCUT2D eigenvalue weighted by molar-refractivity contribution is -0.136. The Bertz CT molecular complexity index is 122. The molecule has 0 aliphatic rings.